The average molecular weight is 280 g/mol. The summed E-state index contributed by atoms with van der Waals surface area (Å²) in [6.07, 6.45) is 0. The molecule has 100 valence electrons. The molecule has 2 N–H and O–H groups in total. The fourth-order valence-electron chi connectivity index (χ4n) is 2.14. The summed E-state index contributed by atoms with van der Waals surface area (Å²) in [5.74, 6) is 0. The van der Waals surface area contributed by atoms with Gasteiger partial charge in [0.1, 0.15) is 5.01 Å². The molecule has 0 fully saturated rings. The summed E-state index contributed by atoms with van der Waals surface area (Å²) in [6, 6.07) is 14.4. The quantitative estimate of drug-likeness (QED) is 0.692. The van der Waals surface area contributed by atoms with E-state index in [1.807, 2.05) is 19.1 Å². The summed E-state index contributed by atoms with van der Waals surface area (Å²) in [5.41, 5.74) is 12.4. The van der Waals surface area contributed by atoms with Crippen LogP contribution in [0.5, 0.6) is 0 Å². The summed E-state index contributed by atoms with van der Waals surface area (Å²) >= 11 is 1.66. The molecule has 0 saturated heterocycles. The van der Waals surface area contributed by atoms with E-state index in [1.54, 1.807) is 11.3 Å². The van der Waals surface area contributed by atoms with Crippen LogP contribution in [-0.4, -0.2) is 4.98 Å². The Morgan fingerprint density at radius 2 is 1.75 bits per heavy atom. The number of aromatic nitrogens is 1. The summed E-state index contributed by atoms with van der Waals surface area (Å²) in [6.45, 7) is 4.13. The minimum absolute atomic E-state index is 0.814. The summed E-state index contributed by atoms with van der Waals surface area (Å²) < 4.78 is 0. The van der Waals surface area contributed by atoms with Crippen molar-refractivity contribution in [3.05, 3.63) is 59.0 Å². The van der Waals surface area contributed by atoms with Crippen molar-refractivity contribution in [3.63, 3.8) is 0 Å². The normalized spacial score (nSPS) is 10.7. The fourth-order valence-corrected chi connectivity index (χ4v) is 3.05. The maximum atomic E-state index is 5.97. The van der Waals surface area contributed by atoms with Crippen molar-refractivity contribution in [1.29, 1.82) is 0 Å². The van der Waals surface area contributed by atoms with Crippen molar-refractivity contribution in [1.82, 2.24) is 4.98 Å². The molecule has 1 heterocycles. The number of hydrogen-bond donors (Lipinski definition) is 1. The molecule has 3 heteroatoms. The number of hydrogen-bond acceptors (Lipinski definition) is 3. The molecule has 0 saturated carbocycles. The summed E-state index contributed by atoms with van der Waals surface area (Å²) in [4.78, 5) is 4.75. The maximum Gasteiger partial charge on any atom is 0.124 e. The fraction of sp³-hybridized carbons (Fsp3) is 0.118. The first-order valence-electron chi connectivity index (χ1n) is 6.53. The van der Waals surface area contributed by atoms with E-state index in [0.29, 0.717) is 0 Å². The third-order valence-electron chi connectivity index (χ3n) is 3.46. The molecule has 0 bridgehead atoms. The third-order valence-corrected chi connectivity index (χ3v) is 4.33. The first kappa shape index (κ1) is 12.9. The number of thiazole rings is 1. The average Bonchev–Trinajstić information content (AvgIpc) is 2.92. The predicted octanol–water partition coefficient (Wildman–Crippen LogP) is 4.68. The van der Waals surface area contributed by atoms with Crippen LogP contribution < -0.4 is 5.73 Å². The highest BCUT2D eigenvalue weighted by Gasteiger charge is 2.09. The van der Waals surface area contributed by atoms with E-state index in [1.165, 1.54) is 5.56 Å². The van der Waals surface area contributed by atoms with Crippen molar-refractivity contribution in [3.8, 4) is 21.8 Å². The molecule has 0 spiro atoms. The Morgan fingerprint density at radius 3 is 2.50 bits per heavy atom. The van der Waals surface area contributed by atoms with Crippen LogP contribution in [0, 0.1) is 13.8 Å². The topological polar surface area (TPSA) is 38.9 Å². The van der Waals surface area contributed by atoms with E-state index in [0.717, 1.165) is 33.1 Å². The van der Waals surface area contributed by atoms with Crippen LogP contribution in [0.1, 0.15) is 11.1 Å². The second kappa shape index (κ2) is 5.10. The van der Waals surface area contributed by atoms with Crippen molar-refractivity contribution in [2.75, 3.05) is 5.73 Å². The highest BCUT2D eigenvalue weighted by atomic mass is 32.1. The molecule has 0 aliphatic rings. The first-order chi connectivity index (χ1) is 9.65. The Bertz CT molecular complexity index is 742. The third kappa shape index (κ3) is 2.32. The summed E-state index contributed by atoms with van der Waals surface area (Å²) in [7, 11) is 0. The molecule has 3 aromatic rings. The van der Waals surface area contributed by atoms with Gasteiger partial charge in [0.05, 0.1) is 5.69 Å². The molecular weight excluding hydrogens is 264 g/mol. The zero-order valence-corrected chi connectivity index (χ0v) is 12.4. The number of benzene rings is 2. The molecule has 1 aromatic heterocycles. The minimum Gasteiger partial charge on any atom is -0.398 e. The van der Waals surface area contributed by atoms with Crippen molar-refractivity contribution in [2.45, 2.75) is 13.8 Å². The molecule has 0 unspecified atom stereocenters. The molecule has 0 aliphatic heterocycles. The Labute approximate surface area is 122 Å². The highest BCUT2D eigenvalue weighted by Crippen LogP contribution is 2.32. The van der Waals surface area contributed by atoms with Crippen molar-refractivity contribution < 1.29 is 0 Å². The molecule has 0 aliphatic carbocycles. The second-order valence-electron chi connectivity index (χ2n) is 4.92. The number of aryl methyl sites for hydroxylation is 1. The standard InChI is InChI=1S/C17H16N2S/c1-11-6-8-13(9-7-11)16-10-20-17(19-16)14-4-3-5-15(18)12(14)2/h3-10H,18H2,1-2H3. The van der Waals surface area contributed by atoms with Crippen LogP contribution in [0.4, 0.5) is 5.69 Å². The Morgan fingerprint density at radius 1 is 1.00 bits per heavy atom. The maximum absolute atomic E-state index is 5.97. The zero-order chi connectivity index (χ0) is 14.1. The predicted molar refractivity (Wildman–Crippen MR) is 86.9 cm³/mol. The van der Waals surface area contributed by atoms with Gasteiger partial charge in [0.2, 0.25) is 0 Å². The van der Waals surface area contributed by atoms with Gasteiger partial charge in [-0.05, 0) is 25.5 Å². The van der Waals surface area contributed by atoms with Crippen LogP contribution >= 0.6 is 11.3 Å². The van der Waals surface area contributed by atoms with E-state index >= 15 is 0 Å². The Hall–Kier alpha value is -2.13. The number of anilines is 1. The second-order valence-corrected chi connectivity index (χ2v) is 5.78. The van der Waals surface area contributed by atoms with E-state index in [-0.39, 0.29) is 0 Å². The van der Waals surface area contributed by atoms with Crippen LogP contribution in [0.3, 0.4) is 0 Å². The largest absolute Gasteiger partial charge is 0.398 e. The lowest BCUT2D eigenvalue weighted by molar-refractivity contribution is 1.37. The van der Waals surface area contributed by atoms with Gasteiger partial charge >= 0.3 is 0 Å². The molecular formula is C17H16N2S. The van der Waals surface area contributed by atoms with Gasteiger partial charge in [-0.1, -0.05) is 42.0 Å². The van der Waals surface area contributed by atoms with Gasteiger partial charge in [-0.15, -0.1) is 11.3 Å². The zero-order valence-electron chi connectivity index (χ0n) is 11.6. The lowest BCUT2D eigenvalue weighted by Gasteiger charge is -2.04. The van der Waals surface area contributed by atoms with E-state index in [9.17, 15) is 0 Å². The lowest BCUT2D eigenvalue weighted by Crippen LogP contribution is -1.91. The van der Waals surface area contributed by atoms with E-state index in [2.05, 4.69) is 42.6 Å². The van der Waals surface area contributed by atoms with Gasteiger partial charge < -0.3 is 5.73 Å². The SMILES string of the molecule is Cc1ccc(-c2csc(-c3cccc(N)c3C)n2)cc1. The Kier molecular flexibility index (Phi) is 3.28. The minimum atomic E-state index is 0.814. The van der Waals surface area contributed by atoms with Crippen LogP contribution in [0.25, 0.3) is 21.8 Å². The van der Waals surface area contributed by atoms with Crippen LogP contribution in [-0.2, 0) is 0 Å². The summed E-state index contributed by atoms with van der Waals surface area (Å²) in [5, 5.41) is 3.12. The van der Waals surface area contributed by atoms with Gasteiger partial charge in [-0.2, -0.15) is 0 Å². The van der Waals surface area contributed by atoms with Gasteiger partial charge in [0.25, 0.3) is 0 Å². The molecule has 3 rings (SSSR count). The number of nitrogens with two attached hydrogens (primary N) is 1. The Balaban J connectivity index is 2.02. The van der Waals surface area contributed by atoms with E-state index in [4.69, 9.17) is 10.7 Å². The van der Waals surface area contributed by atoms with Crippen molar-refractivity contribution >= 4 is 17.0 Å². The van der Waals surface area contributed by atoms with Crippen LogP contribution in [0.15, 0.2) is 47.8 Å². The smallest absolute Gasteiger partial charge is 0.124 e. The molecule has 0 amide bonds. The van der Waals surface area contributed by atoms with Crippen molar-refractivity contribution in [2.24, 2.45) is 0 Å². The molecule has 2 aromatic carbocycles. The van der Waals surface area contributed by atoms with Gasteiger partial charge in [0, 0.05) is 22.2 Å². The monoisotopic (exact) mass is 280 g/mol. The molecule has 0 radical (unpaired) electrons. The molecule has 0 atom stereocenters. The number of nitrogens with zero attached hydrogens (tertiary/aromatic N) is 1. The van der Waals surface area contributed by atoms with Gasteiger partial charge in [0.15, 0.2) is 0 Å². The molecule has 2 nitrogen and oxygen atoms in total. The van der Waals surface area contributed by atoms with Crippen LogP contribution in [0.2, 0.25) is 0 Å². The number of nitrogen functional groups attached to an aromatic ring is 1. The number of rotatable bonds is 2. The molecule has 20 heavy (non-hydrogen) atoms. The highest BCUT2D eigenvalue weighted by molar-refractivity contribution is 7.13. The lowest BCUT2D eigenvalue weighted by atomic mass is 10.1. The van der Waals surface area contributed by atoms with Gasteiger partial charge in [-0.3, -0.25) is 0 Å². The van der Waals surface area contributed by atoms with Gasteiger partial charge in [-0.25, -0.2) is 4.98 Å². The van der Waals surface area contributed by atoms with E-state index < -0.39 is 0 Å². The first-order valence-corrected chi connectivity index (χ1v) is 7.41.